The molecule has 0 aromatic rings. The van der Waals surface area contributed by atoms with Crippen molar-refractivity contribution in [3.05, 3.63) is 0 Å². The molecule has 0 aliphatic heterocycles. The van der Waals surface area contributed by atoms with Crippen LogP contribution in [0.25, 0.3) is 0 Å². The summed E-state index contributed by atoms with van der Waals surface area (Å²) in [7, 11) is 0. The molecule has 9 unspecified atom stereocenters. The molecule has 0 aromatic carbocycles. The van der Waals surface area contributed by atoms with E-state index in [9.17, 15) is 20.4 Å². The van der Waals surface area contributed by atoms with Crippen molar-refractivity contribution < 1.29 is 29.9 Å². The van der Waals surface area contributed by atoms with Gasteiger partial charge in [-0.05, 0) is 61.2 Å². The molecule has 0 aromatic heterocycles. The quantitative estimate of drug-likeness (QED) is 0.378. The summed E-state index contributed by atoms with van der Waals surface area (Å²) in [5.74, 6) is 2.04. The van der Waals surface area contributed by atoms with Gasteiger partial charge in [0.15, 0.2) is 0 Å². The van der Waals surface area contributed by atoms with Crippen LogP contribution in [0.3, 0.4) is 0 Å². The molecular weight excluding hydrogens is 408 g/mol. The lowest BCUT2D eigenvalue weighted by molar-refractivity contribution is -0.187. The standard InChI is InChI=1S/C26H50O6/c1-16(2)20-10-9-18(5)12-23(20)31-15-22(29)24(30)25(21(28)14-27)32-19-8-7-11-26(6,13-19)17(3)4/h16-25,27-30H,7-15H2,1-6H3. The Hall–Kier alpha value is -0.240. The number of aliphatic hydroxyl groups is 4. The minimum Gasteiger partial charge on any atom is -0.394 e. The summed E-state index contributed by atoms with van der Waals surface area (Å²) in [6.07, 6.45) is 2.25. The highest BCUT2D eigenvalue weighted by Crippen LogP contribution is 2.43. The zero-order valence-electron chi connectivity index (χ0n) is 21.2. The maximum absolute atomic E-state index is 10.9. The molecule has 2 aliphatic carbocycles. The normalized spacial score (nSPS) is 35.6. The van der Waals surface area contributed by atoms with Crippen LogP contribution in [0.4, 0.5) is 0 Å². The van der Waals surface area contributed by atoms with E-state index in [1.807, 2.05) is 0 Å². The Morgan fingerprint density at radius 2 is 1.69 bits per heavy atom. The summed E-state index contributed by atoms with van der Waals surface area (Å²) in [5, 5.41) is 41.6. The van der Waals surface area contributed by atoms with Crippen LogP contribution >= 0.6 is 0 Å². The fourth-order valence-corrected chi connectivity index (χ4v) is 5.67. The van der Waals surface area contributed by atoms with Crippen molar-refractivity contribution in [2.75, 3.05) is 13.2 Å². The van der Waals surface area contributed by atoms with Crippen LogP contribution in [0, 0.1) is 29.1 Å². The molecule has 0 saturated heterocycles. The van der Waals surface area contributed by atoms with E-state index in [-0.39, 0.29) is 24.2 Å². The summed E-state index contributed by atoms with van der Waals surface area (Å²) in [4.78, 5) is 0. The number of hydrogen-bond acceptors (Lipinski definition) is 6. The van der Waals surface area contributed by atoms with Crippen LogP contribution in [0.1, 0.15) is 86.5 Å². The lowest BCUT2D eigenvalue weighted by Gasteiger charge is -2.43. The molecule has 6 nitrogen and oxygen atoms in total. The summed E-state index contributed by atoms with van der Waals surface area (Å²) in [6, 6.07) is 0. The van der Waals surface area contributed by atoms with Gasteiger partial charge in [0.05, 0.1) is 25.4 Å². The summed E-state index contributed by atoms with van der Waals surface area (Å²) < 4.78 is 12.3. The van der Waals surface area contributed by atoms with E-state index in [2.05, 4.69) is 41.5 Å². The van der Waals surface area contributed by atoms with Gasteiger partial charge in [0.2, 0.25) is 0 Å². The molecule has 2 rings (SSSR count). The van der Waals surface area contributed by atoms with E-state index >= 15 is 0 Å². The van der Waals surface area contributed by atoms with Gasteiger partial charge in [0.25, 0.3) is 0 Å². The molecule has 6 heteroatoms. The first-order valence-electron chi connectivity index (χ1n) is 12.9. The first kappa shape index (κ1) is 28.0. The lowest BCUT2D eigenvalue weighted by atomic mass is 9.67. The second-order valence-electron chi connectivity index (χ2n) is 11.6. The molecule has 32 heavy (non-hydrogen) atoms. The van der Waals surface area contributed by atoms with E-state index in [4.69, 9.17) is 9.47 Å². The van der Waals surface area contributed by atoms with Crippen molar-refractivity contribution in [3.8, 4) is 0 Å². The van der Waals surface area contributed by atoms with Crippen molar-refractivity contribution in [3.63, 3.8) is 0 Å². The molecule has 4 N–H and O–H groups in total. The van der Waals surface area contributed by atoms with Gasteiger partial charge in [-0.2, -0.15) is 0 Å². The third-order valence-electron chi connectivity index (χ3n) is 8.45. The third-order valence-corrected chi connectivity index (χ3v) is 8.45. The molecule has 0 heterocycles. The Labute approximate surface area is 195 Å². The number of hydrogen-bond donors (Lipinski definition) is 4. The fourth-order valence-electron chi connectivity index (χ4n) is 5.67. The van der Waals surface area contributed by atoms with E-state index < -0.39 is 31.0 Å². The Bertz CT molecular complexity index is 540. The molecule has 0 bridgehead atoms. The second kappa shape index (κ2) is 12.5. The van der Waals surface area contributed by atoms with Gasteiger partial charge < -0.3 is 29.9 Å². The largest absolute Gasteiger partial charge is 0.394 e. The summed E-state index contributed by atoms with van der Waals surface area (Å²) in [6.45, 7) is 12.8. The molecule has 0 radical (unpaired) electrons. The summed E-state index contributed by atoms with van der Waals surface area (Å²) in [5.41, 5.74) is 0.147. The van der Waals surface area contributed by atoms with Gasteiger partial charge in [-0.1, -0.05) is 54.4 Å². The summed E-state index contributed by atoms with van der Waals surface area (Å²) >= 11 is 0. The zero-order chi connectivity index (χ0) is 24.1. The monoisotopic (exact) mass is 458 g/mol. The molecule has 190 valence electrons. The van der Waals surface area contributed by atoms with Gasteiger partial charge >= 0.3 is 0 Å². The van der Waals surface area contributed by atoms with Crippen molar-refractivity contribution in [1.29, 1.82) is 0 Å². The Kier molecular flexibility index (Phi) is 10.9. The van der Waals surface area contributed by atoms with Crippen LogP contribution in [-0.2, 0) is 9.47 Å². The van der Waals surface area contributed by atoms with Gasteiger partial charge in [0.1, 0.15) is 24.4 Å². The second-order valence-corrected chi connectivity index (χ2v) is 11.6. The third kappa shape index (κ3) is 7.38. The van der Waals surface area contributed by atoms with Gasteiger partial charge in [0, 0.05) is 0 Å². The van der Waals surface area contributed by atoms with E-state index in [1.165, 1.54) is 6.42 Å². The first-order valence-corrected chi connectivity index (χ1v) is 12.9. The maximum Gasteiger partial charge on any atom is 0.114 e. The minimum absolute atomic E-state index is 0.00580. The molecule has 2 saturated carbocycles. The lowest BCUT2D eigenvalue weighted by Crippen LogP contribution is -2.51. The molecule has 9 atom stereocenters. The Morgan fingerprint density at radius 3 is 2.28 bits per heavy atom. The predicted molar refractivity (Wildman–Crippen MR) is 126 cm³/mol. The topological polar surface area (TPSA) is 99.4 Å². The number of ether oxygens (including phenoxy) is 2. The van der Waals surface area contributed by atoms with Gasteiger partial charge in [-0.3, -0.25) is 0 Å². The maximum atomic E-state index is 10.9. The highest BCUT2D eigenvalue weighted by molar-refractivity contribution is 4.89. The average Bonchev–Trinajstić information content (AvgIpc) is 2.74. The van der Waals surface area contributed by atoms with E-state index in [0.717, 1.165) is 38.5 Å². The van der Waals surface area contributed by atoms with Crippen LogP contribution in [-0.4, -0.2) is 70.3 Å². The SMILES string of the molecule is CC1CCC(C(C)C)C(OCC(O)C(O)C(OC2CCCC(C)(C(C)C)C2)C(O)CO)C1. The smallest absolute Gasteiger partial charge is 0.114 e. The molecular formula is C26H50O6. The average molecular weight is 459 g/mol. The van der Waals surface area contributed by atoms with Crippen molar-refractivity contribution in [2.24, 2.45) is 29.1 Å². The molecule has 2 aliphatic rings. The highest BCUT2D eigenvalue weighted by atomic mass is 16.5. The van der Waals surface area contributed by atoms with Gasteiger partial charge in [-0.15, -0.1) is 0 Å². The first-order chi connectivity index (χ1) is 15.0. The highest BCUT2D eigenvalue weighted by Gasteiger charge is 2.40. The van der Waals surface area contributed by atoms with E-state index in [0.29, 0.717) is 23.7 Å². The van der Waals surface area contributed by atoms with Crippen molar-refractivity contribution >= 4 is 0 Å². The van der Waals surface area contributed by atoms with E-state index in [1.54, 1.807) is 0 Å². The van der Waals surface area contributed by atoms with Crippen LogP contribution in [0.5, 0.6) is 0 Å². The van der Waals surface area contributed by atoms with Crippen molar-refractivity contribution in [2.45, 2.75) is 123 Å². The number of aliphatic hydroxyl groups excluding tert-OH is 4. The van der Waals surface area contributed by atoms with Crippen LogP contribution < -0.4 is 0 Å². The Balaban J connectivity index is 1.99. The minimum atomic E-state index is -1.33. The molecule has 2 fully saturated rings. The van der Waals surface area contributed by atoms with Crippen LogP contribution in [0.15, 0.2) is 0 Å². The fraction of sp³-hybridized carbons (Fsp3) is 1.00. The van der Waals surface area contributed by atoms with Gasteiger partial charge in [-0.25, -0.2) is 0 Å². The zero-order valence-corrected chi connectivity index (χ0v) is 21.2. The van der Waals surface area contributed by atoms with Crippen molar-refractivity contribution in [1.82, 2.24) is 0 Å². The van der Waals surface area contributed by atoms with Crippen LogP contribution in [0.2, 0.25) is 0 Å². The molecule has 0 spiro atoms. The number of rotatable bonds is 11. The Morgan fingerprint density at radius 1 is 1.00 bits per heavy atom. The molecule has 0 amide bonds. The predicted octanol–water partition coefficient (Wildman–Crippen LogP) is 3.53.